The molecule has 2 nitrogen and oxygen atoms in total. The molecule has 0 aliphatic heterocycles. The largest absolute Gasteiger partial charge is 0.565 e. The molecule has 1 radical (unpaired) electrons. The molecule has 0 aliphatic rings. The SMILES string of the molecule is CCC(O)c1[c-]c(C)c(O)cc1.[Y]. The van der Waals surface area contributed by atoms with Crippen LogP contribution in [0.2, 0.25) is 0 Å². The van der Waals surface area contributed by atoms with E-state index in [0.29, 0.717) is 12.0 Å². The average Bonchev–Trinajstić information content (AvgIpc) is 2.08. The van der Waals surface area contributed by atoms with E-state index in [2.05, 4.69) is 6.07 Å². The molecule has 0 saturated carbocycles. The van der Waals surface area contributed by atoms with Gasteiger partial charge in [0.1, 0.15) is 0 Å². The minimum absolute atomic E-state index is 0. The van der Waals surface area contributed by atoms with Gasteiger partial charge in [-0.25, -0.2) is 0 Å². The second kappa shape index (κ2) is 5.74. The molecule has 0 fully saturated rings. The molecule has 0 bridgehead atoms. The minimum atomic E-state index is -0.468. The van der Waals surface area contributed by atoms with Gasteiger partial charge < -0.3 is 10.2 Å². The first-order valence-electron chi connectivity index (χ1n) is 4.05. The molecule has 0 heterocycles. The van der Waals surface area contributed by atoms with E-state index in [-0.39, 0.29) is 38.5 Å². The number of hydrogen-bond donors (Lipinski definition) is 2. The Morgan fingerprint density at radius 3 is 2.54 bits per heavy atom. The molecule has 13 heavy (non-hydrogen) atoms. The molecule has 0 saturated heterocycles. The third-order valence-electron chi connectivity index (χ3n) is 1.88. The van der Waals surface area contributed by atoms with Gasteiger partial charge in [0.15, 0.2) is 0 Å². The summed E-state index contributed by atoms with van der Waals surface area (Å²) in [6.45, 7) is 3.67. The van der Waals surface area contributed by atoms with Crippen LogP contribution in [0.25, 0.3) is 0 Å². The molecular formula is C10H13O2Y-. The second-order valence-corrected chi connectivity index (χ2v) is 2.85. The zero-order valence-corrected chi connectivity index (χ0v) is 10.7. The number of hydrogen-bond acceptors (Lipinski definition) is 2. The van der Waals surface area contributed by atoms with Crippen LogP contribution in [-0.2, 0) is 32.7 Å². The molecule has 0 spiro atoms. The normalized spacial score (nSPS) is 11.9. The van der Waals surface area contributed by atoms with Crippen LogP contribution in [0, 0.1) is 13.0 Å². The fourth-order valence-corrected chi connectivity index (χ4v) is 1.03. The molecule has 69 valence electrons. The summed E-state index contributed by atoms with van der Waals surface area (Å²) in [6.07, 6.45) is 0.199. The fraction of sp³-hybridized carbons (Fsp3) is 0.400. The first-order valence-corrected chi connectivity index (χ1v) is 4.05. The summed E-state index contributed by atoms with van der Waals surface area (Å²) in [6, 6.07) is 6.20. The van der Waals surface area contributed by atoms with Gasteiger partial charge >= 0.3 is 0 Å². The van der Waals surface area contributed by atoms with Crippen LogP contribution in [-0.4, -0.2) is 10.2 Å². The third kappa shape index (κ3) is 3.37. The zero-order chi connectivity index (χ0) is 9.14. The Balaban J connectivity index is 0.00000144. The van der Waals surface area contributed by atoms with Gasteiger partial charge in [-0.05, 0) is 6.42 Å². The average molecular weight is 254 g/mol. The van der Waals surface area contributed by atoms with E-state index in [1.807, 2.05) is 6.92 Å². The van der Waals surface area contributed by atoms with Gasteiger partial charge in [-0.15, -0.1) is 17.2 Å². The Morgan fingerprint density at radius 2 is 2.08 bits per heavy atom. The minimum Gasteiger partial charge on any atom is -0.565 e. The van der Waals surface area contributed by atoms with Crippen LogP contribution in [0.3, 0.4) is 0 Å². The smallest absolute Gasteiger partial charge is 0.0564 e. The number of aliphatic hydroxyl groups excluding tert-OH is 1. The van der Waals surface area contributed by atoms with Crippen molar-refractivity contribution in [2.24, 2.45) is 0 Å². The van der Waals surface area contributed by atoms with E-state index in [1.54, 1.807) is 19.1 Å². The molecule has 0 amide bonds. The predicted octanol–water partition coefficient (Wildman–Crippen LogP) is 1.94. The van der Waals surface area contributed by atoms with Crippen molar-refractivity contribution in [3.05, 3.63) is 29.3 Å². The first kappa shape index (κ1) is 13.1. The number of aliphatic hydroxyl groups is 1. The summed E-state index contributed by atoms with van der Waals surface area (Å²) < 4.78 is 0. The van der Waals surface area contributed by atoms with Gasteiger partial charge in [-0.2, -0.15) is 12.1 Å². The Labute approximate surface area is 104 Å². The number of aromatic hydroxyl groups is 1. The molecular weight excluding hydrogens is 241 g/mol. The van der Waals surface area contributed by atoms with Gasteiger partial charge in [0, 0.05) is 38.5 Å². The molecule has 1 unspecified atom stereocenters. The molecule has 0 aliphatic carbocycles. The number of phenols is 1. The van der Waals surface area contributed by atoms with Gasteiger partial charge in [-0.1, -0.05) is 13.8 Å². The number of aryl methyl sites for hydroxylation is 1. The van der Waals surface area contributed by atoms with Gasteiger partial charge in [0.05, 0.1) is 6.10 Å². The van der Waals surface area contributed by atoms with Crippen molar-refractivity contribution in [1.29, 1.82) is 0 Å². The topological polar surface area (TPSA) is 40.5 Å². The molecule has 2 N–H and O–H groups in total. The molecule has 1 atom stereocenters. The van der Waals surface area contributed by atoms with E-state index in [9.17, 15) is 10.2 Å². The first-order chi connectivity index (χ1) is 5.65. The van der Waals surface area contributed by atoms with Crippen molar-refractivity contribution in [2.75, 3.05) is 0 Å². The van der Waals surface area contributed by atoms with Crippen molar-refractivity contribution < 1.29 is 42.9 Å². The summed E-state index contributed by atoms with van der Waals surface area (Å²) in [5, 5.41) is 18.6. The van der Waals surface area contributed by atoms with Crippen LogP contribution in [0.1, 0.15) is 30.6 Å². The number of rotatable bonds is 2. The van der Waals surface area contributed by atoms with Crippen molar-refractivity contribution in [1.82, 2.24) is 0 Å². The Morgan fingerprint density at radius 1 is 1.46 bits per heavy atom. The van der Waals surface area contributed by atoms with Crippen molar-refractivity contribution in [2.45, 2.75) is 26.4 Å². The molecule has 0 aromatic heterocycles. The van der Waals surface area contributed by atoms with E-state index < -0.39 is 6.10 Å². The zero-order valence-electron chi connectivity index (χ0n) is 7.91. The molecule has 1 aromatic rings. The number of phenolic OH excluding ortho intramolecular Hbond substituents is 1. The van der Waals surface area contributed by atoms with E-state index in [4.69, 9.17) is 0 Å². The number of benzene rings is 1. The predicted molar refractivity (Wildman–Crippen MR) is 46.9 cm³/mol. The van der Waals surface area contributed by atoms with Crippen LogP contribution in [0.5, 0.6) is 5.75 Å². The van der Waals surface area contributed by atoms with E-state index in [1.165, 1.54) is 0 Å². The van der Waals surface area contributed by atoms with Crippen molar-refractivity contribution >= 4 is 0 Å². The summed E-state index contributed by atoms with van der Waals surface area (Å²) in [5.74, 6) is 0.224. The summed E-state index contributed by atoms with van der Waals surface area (Å²) in [4.78, 5) is 0. The maximum absolute atomic E-state index is 9.43. The van der Waals surface area contributed by atoms with Crippen LogP contribution >= 0.6 is 0 Å². The third-order valence-corrected chi connectivity index (χ3v) is 1.88. The monoisotopic (exact) mass is 254 g/mol. The summed E-state index contributed by atoms with van der Waals surface area (Å²) in [7, 11) is 0. The van der Waals surface area contributed by atoms with Gasteiger partial charge in [0.2, 0.25) is 0 Å². The van der Waals surface area contributed by atoms with Crippen LogP contribution < -0.4 is 0 Å². The fourth-order valence-electron chi connectivity index (χ4n) is 1.03. The van der Waals surface area contributed by atoms with Gasteiger partial charge in [0.25, 0.3) is 0 Å². The summed E-state index contributed by atoms with van der Waals surface area (Å²) >= 11 is 0. The molecule has 1 rings (SSSR count). The Hall–Kier alpha value is 0.0839. The quantitative estimate of drug-likeness (QED) is 0.792. The van der Waals surface area contributed by atoms with Crippen molar-refractivity contribution in [3.63, 3.8) is 0 Å². The second-order valence-electron chi connectivity index (χ2n) is 2.85. The summed E-state index contributed by atoms with van der Waals surface area (Å²) in [5.41, 5.74) is 1.42. The Bertz CT molecular complexity index is 274. The van der Waals surface area contributed by atoms with E-state index in [0.717, 1.165) is 5.56 Å². The maximum Gasteiger partial charge on any atom is 0.0564 e. The van der Waals surface area contributed by atoms with Gasteiger partial charge in [-0.3, -0.25) is 0 Å². The van der Waals surface area contributed by atoms with Crippen molar-refractivity contribution in [3.8, 4) is 5.75 Å². The molecule has 1 aromatic carbocycles. The standard InChI is InChI=1S/C10H13O2.Y/c1-3-9(11)8-4-5-10(12)7(2)6-8;/h4-5,9,11-12H,3H2,1-2H3;/q-1;. The van der Waals surface area contributed by atoms with E-state index >= 15 is 0 Å². The maximum atomic E-state index is 9.43. The van der Waals surface area contributed by atoms with Crippen LogP contribution in [0.4, 0.5) is 0 Å². The van der Waals surface area contributed by atoms with Crippen LogP contribution in [0.15, 0.2) is 12.1 Å². The molecule has 3 heteroatoms. The Kier molecular flexibility index (Phi) is 5.78.